The Bertz CT molecular complexity index is 238. The third-order valence-corrected chi connectivity index (χ3v) is 1.94. The van der Waals surface area contributed by atoms with Crippen LogP contribution in [0.3, 0.4) is 0 Å². The molecule has 0 atom stereocenters. The van der Waals surface area contributed by atoms with E-state index in [0.29, 0.717) is 5.92 Å². The summed E-state index contributed by atoms with van der Waals surface area (Å²) < 4.78 is 0. The summed E-state index contributed by atoms with van der Waals surface area (Å²) in [6, 6.07) is 0. The zero-order valence-corrected chi connectivity index (χ0v) is 10.4. The molecule has 0 fully saturated rings. The van der Waals surface area contributed by atoms with Gasteiger partial charge in [-0.1, -0.05) is 27.7 Å². The maximum absolute atomic E-state index is 11.2. The SMILES string of the molecule is CC(C)C#CCCCCNC(=O)C(C)C.[HH]. The standard InChI is InChI=1S/C13H23NO.H2/c1-11(2)9-7-5-6-8-10-14-13(15)12(3)4;/h11-12H,5-6,8,10H2,1-4H3,(H,14,15);1H. The predicted molar refractivity (Wildman–Crippen MR) is 66.4 cm³/mol. The summed E-state index contributed by atoms with van der Waals surface area (Å²) in [5.41, 5.74) is 0. The smallest absolute Gasteiger partial charge is 0.222 e. The lowest BCUT2D eigenvalue weighted by Gasteiger charge is -2.06. The fourth-order valence-corrected chi connectivity index (χ4v) is 1.03. The fourth-order valence-electron chi connectivity index (χ4n) is 1.03. The van der Waals surface area contributed by atoms with E-state index in [1.54, 1.807) is 0 Å². The molecule has 0 aromatic rings. The summed E-state index contributed by atoms with van der Waals surface area (Å²) in [5.74, 6) is 6.95. The van der Waals surface area contributed by atoms with Gasteiger partial charge in [-0.2, -0.15) is 0 Å². The number of rotatable bonds is 5. The van der Waals surface area contributed by atoms with Crippen molar-refractivity contribution in [2.75, 3.05) is 6.54 Å². The molecule has 0 rings (SSSR count). The lowest BCUT2D eigenvalue weighted by Crippen LogP contribution is -2.28. The summed E-state index contributed by atoms with van der Waals surface area (Å²) in [7, 11) is 0. The first-order valence-electron chi connectivity index (χ1n) is 5.80. The van der Waals surface area contributed by atoms with Gasteiger partial charge in [-0.3, -0.25) is 4.79 Å². The Labute approximate surface area is 95.3 Å². The maximum atomic E-state index is 11.2. The molecule has 88 valence electrons. The first-order chi connectivity index (χ1) is 7.04. The molecule has 2 nitrogen and oxygen atoms in total. The van der Waals surface area contributed by atoms with E-state index in [0.717, 1.165) is 25.8 Å². The van der Waals surface area contributed by atoms with Crippen molar-refractivity contribution in [1.82, 2.24) is 5.32 Å². The molecule has 0 saturated carbocycles. The molecule has 0 spiro atoms. The van der Waals surface area contributed by atoms with Crippen LogP contribution in [0.15, 0.2) is 0 Å². The van der Waals surface area contributed by atoms with Gasteiger partial charge < -0.3 is 5.32 Å². The monoisotopic (exact) mass is 211 g/mol. The van der Waals surface area contributed by atoms with Gasteiger partial charge in [-0.05, 0) is 12.8 Å². The minimum Gasteiger partial charge on any atom is -0.356 e. The van der Waals surface area contributed by atoms with Crippen LogP contribution in [0.25, 0.3) is 0 Å². The van der Waals surface area contributed by atoms with Gasteiger partial charge >= 0.3 is 0 Å². The van der Waals surface area contributed by atoms with Gasteiger partial charge in [0.15, 0.2) is 0 Å². The van der Waals surface area contributed by atoms with Crippen LogP contribution >= 0.6 is 0 Å². The molecule has 0 aliphatic heterocycles. The Balaban J connectivity index is 0. The average molecular weight is 211 g/mol. The van der Waals surface area contributed by atoms with Gasteiger partial charge in [-0.25, -0.2) is 0 Å². The third kappa shape index (κ3) is 9.34. The molecule has 0 aliphatic rings. The van der Waals surface area contributed by atoms with Crippen molar-refractivity contribution < 1.29 is 6.22 Å². The van der Waals surface area contributed by atoms with Crippen LogP contribution in [-0.2, 0) is 4.79 Å². The number of carbonyl (C=O) groups is 1. The van der Waals surface area contributed by atoms with Gasteiger partial charge in [-0.15, -0.1) is 11.8 Å². The topological polar surface area (TPSA) is 29.1 Å². The van der Waals surface area contributed by atoms with Crippen molar-refractivity contribution in [2.45, 2.75) is 47.0 Å². The van der Waals surface area contributed by atoms with Crippen LogP contribution in [0, 0.1) is 23.7 Å². The molecule has 0 bridgehead atoms. The first-order valence-corrected chi connectivity index (χ1v) is 5.80. The number of amides is 1. The van der Waals surface area contributed by atoms with Crippen molar-refractivity contribution >= 4 is 5.91 Å². The second kappa shape index (κ2) is 8.35. The summed E-state index contributed by atoms with van der Waals surface area (Å²) >= 11 is 0. The van der Waals surface area contributed by atoms with Gasteiger partial charge in [0.1, 0.15) is 0 Å². The zero-order valence-electron chi connectivity index (χ0n) is 10.4. The van der Waals surface area contributed by atoms with E-state index in [-0.39, 0.29) is 13.3 Å². The lowest BCUT2D eigenvalue weighted by molar-refractivity contribution is -0.123. The molecular formula is C13H25NO. The highest BCUT2D eigenvalue weighted by Crippen LogP contribution is 1.95. The van der Waals surface area contributed by atoms with E-state index in [9.17, 15) is 4.79 Å². The Morgan fingerprint density at radius 1 is 1.27 bits per heavy atom. The Morgan fingerprint density at radius 3 is 2.47 bits per heavy atom. The molecule has 0 aromatic carbocycles. The molecule has 1 N–H and O–H groups in total. The second-order valence-corrected chi connectivity index (χ2v) is 4.38. The Morgan fingerprint density at radius 2 is 1.93 bits per heavy atom. The second-order valence-electron chi connectivity index (χ2n) is 4.38. The van der Waals surface area contributed by atoms with Crippen LogP contribution < -0.4 is 5.32 Å². The Hall–Kier alpha value is -0.970. The van der Waals surface area contributed by atoms with E-state index < -0.39 is 0 Å². The van der Waals surface area contributed by atoms with Crippen molar-refractivity contribution in [2.24, 2.45) is 11.8 Å². The molecule has 15 heavy (non-hydrogen) atoms. The first kappa shape index (κ1) is 14.0. The summed E-state index contributed by atoms with van der Waals surface area (Å²) in [6.07, 6.45) is 3.03. The van der Waals surface area contributed by atoms with E-state index in [1.165, 1.54) is 0 Å². The van der Waals surface area contributed by atoms with E-state index in [4.69, 9.17) is 0 Å². The van der Waals surface area contributed by atoms with E-state index in [1.807, 2.05) is 13.8 Å². The number of carbonyl (C=O) groups excluding carboxylic acids is 1. The van der Waals surface area contributed by atoms with Crippen LogP contribution in [0.2, 0.25) is 0 Å². The summed E-state index contributed by atoms with van der Waals surface area (Å²) in [6.45, 7) is 8.78. The lowest BCUT2D eigenvalue weighted by atomic mass is 10.2. The number of hydrogen-bond acceptors (Lipinski definition) is 1. The highest BCUT2D eigenvalue weighted by Gasteiger charge is 2.04. The minimum absolute atomic E-state index is 0. The van der Waals surface area contributed by atoms with Crippen LogP contribution in [0.1, 0.15) is 48.4 Å². The normalized spacial score (nSPS) is 10.0. The van der Waals surface area contributed by atoms with E-state index in [2.05, 4.69) is 31.0 Å². The summed E-state index contributed by atoms with van der Waals surface area (Å²) in [5, 5.41) is 2.89. The van der Waals surface area contributed by atoms with Crippen LogP contribution in [0.5, 0.6) is 0 Å². The molecule has 1 amide bonds. The maximum Gasteiger partial charge on any atom is 0.222 e. The zero-order chi connectivity index (χ0) is 11.7. The largest absolute Gasteiger partial charge is 0.356 e. The highest BCUT2D eigenvalue weighted by atomic mass is 16.1. The molecule has 0 unspecified atom stereocenters. The predicted octanol–water partition coefficient (Wildman–Crippen LogP) is 2.83. The fraction of sp³-hybridized carbons (Fsp3) is 0.769. The third-order valence-electron chi connectivity index (χ3n) is 1.94. The quantitative estimate of drug-likeness (QED) is 0.550. The minimum atomic E-state index is 0. The van der Waals surface area contributed by atoms with Crippen LogP contribution in [-0.4, -0.2) is 12.5 Å². The number of unbranched alkanes of at least 4 members (excludes halogenated alkanes) is 2. The van der Waals surface area contributed by atoms with Crippen molar-refractivity contribution in [3.8, 4) is 11.8 Å². The average Bonchev–Trinajstić information content (AvgIpc) is 2.15. The van der Waals surface area contributed by atoms with Gasteiger partial charge in [0.05, 0.1) is 0 Å². The van der Waals surface area contributed by atoms with Gasteiger partial charge in [0.2, 0.25) is 5.91 Å². The molecule has 0 saturated heterocycles. The van der Waals surface area contributed by atoms with Crippen molar-refractivity contribution in [3.05, 3.63) is 0 Å². The molecule has 0 aromatic heterocycles. The number of hydrogen-bond donors (Lipinski definition) is 1. The van der Waals surface area contributed by atoms with Crippen molar-refractivity contribution in [1.29, 1.82) is 0 Å². The molecule has 0 aliphatic carbocycles. The summed E-state index contributed by atoms with van der Waals surface area (Å²) in [4.78, 5) is 11.2. The van der Waals surface area contributed by atoms with Crippen LogP contribution in [0.4, 0.5) is 0 Å². The Kier molecular flexibility index (Phi) is 7.81. The van der Waals surface area contributed by atoms with Gasteiger partial charge in [0.25, 0.3) is 0 Å². The molecule has 0 heterocycles. The van der Waals surface area contributed by atoms with Gasteiger partial charge in [0, 0.05) is 26.2 Å². The highest BCUT2D eigenvalue weighted by molar-refractivity contribution is 5.77. The van der Waals surface area contributed by atoms with E-state index >= 15 is 0 Å². The number of nitrogens with one attached hydrogen (secondary N) is 1. The molecule has 2 heteroatoms. The van der Waals surface area contributed by atoms with Crippen molar-refractivity contribution in [3.63, 3.8) is 0 Å². The molecule has 0 radical (unpaired) electrons. The molecular weight excluding hydrogens is 186 g/mol.